The molecule has 1 fully saturated rings. The van der Waals surface area contributed by atoms with E-state index in [0.717, 1.165) is 5.56 Å². The van der Waals surface area contributed by atoms with Crippen molar-refractivity contribution in [2.75, 3.05) is 23.9 Å². The molecule has 1 N–H and O–H groups in total. The smallest absolute Gasteiger partial charge is 0.256 e. The van der Waals surface area contributed by atoms with Crippen molar-refractivity contribution in [2.45, 2.75) is 19.4 Å². The van der Waals surface area contributed by atoms with Gasteiger partial charge >= 0.3 is 0 Å². The van der Waals surface area contributed by atoms with Crippen molar-refractivity contribution in [2.24, 2.45) is 0 Å². The summed E-state index contributed by atoms with van der Waals surface area (Å²) in [6, 6.07) is 15.7. The summed E-state index contributed by atoms with van der Waals surface area (Å²) >= 11 is 6.09. The second kappa shape index (κ2) is 8.98. The Morgan fingerprint density at radius 1 is 1.17 bits per heavy atom. The summed E-state index contributed by atoms with van der Waals surface area (Å²) in [5.41, 5.74) is 3.33. The summed E-state index contributed by atoms with van der Waals surface area (Å²) in [5, 5.41) is 8.63. The molecule has 3 heterocycles. The molecular formula is C25H23ClN4O4S. The number of aryl methyl sites for hydroxylation is 1. The van der Waals surface area contributed by atoms with Crippen LogP contribution in [-0.2, 0) is 9.84 Å². The number of nitrogens with zero attached hydrogens (tertiary/aromatic N) is 3. The van der Waals surface area contributed by atoms with E-state index in [0.29, 0.717) is 50.9 Å². The van der Waals surface area contributed by atoms with Crippen LogP contribution in [-0.4, -0.2) is 47.7 Å². The number of rotatable bonds is 5. The molecule has 0 aliphatic carbocycles. The number of pyridine rings is 1. The number of sulfone groups is 1. The van der Waals surface area contributed by atoms with Crippen LogP contribution in [0, 0.1) is 6.92 Å². The summed E-state index contributed by atoms with van der Waals surface area (Å²) in [5.74, 6) is 0.417. The standard InChI is InChI=1S/C25H23ClN4O4S/c1-15-23-21(25(31)27-18-7-4-6-17(26)12-18)13-22(16-5-3-8-20(11-16)34-2)28-24(23)30(29-15)19-9-10-35(32,33)14-19/h3-8,11-13,19H,9-10,14H2,1-2H3,(H,27,31). The molecule has 8 nitrogen and oxygen atoms in total. The van der Waals surface area contributed by atoms with Crippen LogP contribution in [0.2, 0.25) is 5.02 Å². The SMILES string of the molecule is COc1cccc(-c2cc(C(=O)Nc3cccc(Cl)c3)c3c(C)nn(C4CCS(=O)(=O)C4)c3n2)c1. The van der Waals surface area contributed by atoms with Gasteiger partial charge in [0.2, 0.25) is 0 Å². The molecule has 2 aromatic carbocycles. The second-order valence-corrected chi connectivity index (χ2v) is 11.2. The number of carbonyl (C=O) groups is 1. The van der Waals surface area contributed by atoms with Gasteiger partial charge in [0.15, 0.2) is 15.5 Å². The molecular weight excluding hydrogens is 488 g/mol. The number of aromatic nitrogens is 3. The third kappa shape index (κ3) is 4.61. The number of hydrogen-bond acceptors (Lipinski definition) is 6. The van der Waals surface area contributed by atoms with Crippen LogP contribution >= 0.6 is 11.6 Å². The molecule has 1 atom stereocenters. The fourth-order valence-electron chi connectivity index (χ4n) is 4.41. The van der Waals surface area contributed by atoms with Gasteiger partial charge in [0.1, 0.15) is 5.75 Å². The zero-order valence-electron chi connectivity index (χ0n) is 19.2. The first-order valence-electron chi connectivity index (χ1n) is 11.1. The van der Waals surface area contributed by atoms with E-state index in [-0.39, 0.29) is 23.5 Å². The van der Waals surface area contributed by atoms with E-state index in [1.165, 1.54) is 0 Å². The molecule has 4 aromatic rings. The molecule has 0 saturated carbocycles. The molecule has 1 aliphatic heterocycles. The predicted molar refractivity (Wildman–Crippen MR) is 136 cm³/mol. The van der Waals surface area contributed by atoms with Crippen molar-refractivity contribution in [3.8, 4) is 17.0 Å². The Morgan fingerprint density at radius 2 is 1.97 bits per heavy atom. The fraction of sp³-hybridized carbons (Fsp3) is 0.240. The number of hydrogen-bond donors (Lipinski definition) is 1. The quantitative estimate of drug-likeness (QED) is 0.418. The van der Waals surface area contributed by atoms with Gasteiger partial charge in [-0.25, -0.2) is 18.1 Å². The Kier molecular flexibility index (Phi) is 5.98. The fourth-order valence-corrected chi connectivity index (χ4v) is 6.29. The van der Waals surface area contributed by atoms with Gasteiger partial charge in [-0.1, -0.05) is 29.8 Å². The molecule has 1 unspecified atom stereocenters. The number of ether oxygens (including phenoxy) is 1. The average Bonchev–Trinajstić information content (AvgIpc) is 3.37. The molecule has 5 rings (SSSR count). The highest BCUT2D eigenvalue weighted by Gasteiger charge is 2.32. The van der Waals surface area contributed by atoms with Gasteiger partial charge in [-0.05, 0) is 49.7 Å². The summed E-state index contributed by atoms with van der Waals surface area (Å²) in [6.07, 6.45) is 0.452. The van der Waals surface area contributed by atoms with Gasteiger partial charge in [-0.15, -0.1) is 0 Å². The first-order chi connectivity index (χ1) is 16.7. The second-order valence-electron chi connectivity index (χ2n) is 8.54. The molecule has 0 radical (unpaired) electrons. The molecule has 1 aliphatic rings. The van der Waals surface area contributed by atoms with Gasteiger partial charge in [-0.2, -0.15) is 5.10 Å². The summed E-state index contributed by atoms with van der Waals surface area (Å²) in [6.45, 7) is 1.80. The number of anilines is 1. The Morgan fingerprint density at radius 3 is 2.69 bits per heavy atom. The average molecular weight is 511 g/mol. The molecule has 180 valence electrons. The zero-order valence-corrected chi connectivity index (χ0v) is 20.7. The van der Waals surface area contributed by atoms with E-state index in [9.17, 15) is 13.2 Å². The highest BCUT2D eigenvalue weighted by molar-refractivity contribution is 7.91. The number of amides is 1. The van der Waals surface area contributed by atoms with Crippen LogP contribution in [0.5, 0.6) is 5.75 Å². The zero-order chi connectivity index (χ0) is 24.7. The Labute approximate surface area is 207 Å². The Balaban J connectivity index is 1.69. The minimum absolute atomic E-state index is 0.00166. The van der Waals surface area contributed by atoms with E-state index in [1.807, 2.05) is 24.3 Å². The van der Waals surface area contributed by atoms with Crippen molar-refractivity contribution in [3.63, 3.8) is 0 Å². The number of carbonyl (C=O) groups excluding carboxylic acids is 1. The Bertz CT molecular complexity index is 1570. The number of benzene rings is 2. The van der Waals surface area contributed by atoms with Crippen LogP contribution < -0.4 is 10.1 Å². The van der Waals surface area contributed by atoms with E-state index in [1.54, 1.807) is 49.0 Å². The summed E-state index contributed by atoms with van der Waals surface area (Å²) < 4.78 is 31.4. The van der Waals surface area contributed by atoms with Crippen molar-refractivity contribution < 1.29 is 17.9 Å². The van der Waals surface area contributed by atoms with E-state index in [2.05, 4.69) is 10.4 Å². The van der Waals surface area contributed by atoms with E-state index in [4.69, 9.17) is 21.3 Å². The van der Waals surface area contributed by atoms with E-state index < -0.39 is 9.84 Å². The molecule has 2 aromatic heterocycles. The van der Waals surface area contributed by atoms with Crippen LogP contribution in [0.25, 0.3) is 22.3 Å². The number of fused-ring (bicyclic) bond motifs is 1. The molecule has 1 saturated heterocycles. The van der Waals surface area contributed by atoms with E-state index >= 15 is 0 Å². The van der Waals surface area contributed by atoms with Gasteiger partial charge in [0, 0.05) is 16.3 Å². The lowest BCUT2D eigenvalue weighted by Gasteiger charge is -2.13. The summed E-state index contributed by atoms with van der Waals surface area (Å²) in [7, 11) is -1.56. The lowest BCUT2D eigenvalue weighted by Crippen LogP contribution is -2.15. The van der Waals surface area contributed by atoms with Crippen LogP contribution in [0.1, 0.15) is 28.5 Å². The normalized spacial score (nSPS) is 16.9. The monoisotopic (exact) mass is 510 g/mol. The molecule has 0 spiro atoms. The predicted octanol–water partition coefficient (Wildman–Crippen LogP) is 4.68. The van der Waals surface area contributed by atoms with Crippen molar-refractivity contribution >= 4 is 44.1 Å². The molecule has 10 heteroatoms. The van der Waals surface area contributed by atoms with Gasteiger partial charge in [0.05, 0.1) is 47.0 Å². The highest BCUT2D eigenvalue weighted by atomic mass is 35.5. The molecule has 0 bridgehead atoms. The van der Waals surface area contributed by atoms with Gasteiger partial charge < -0.3 is 10.1 Å². The van der Waals surface area contributed by atoms with Crippen molar-refractivity contribution in [1.82, 2.24) is 14.8 Å². The van der Waals surface area contributed by atoms with Crippen LogP contribution in [0.15, 0.2) is 54.6 Å². The largest absolute Gasteiger partial charge is 0.497 e. The Hall–Kier alpha value is -3.43. The lowest BCUT2D eigenvalue weighted by molar-refractivity contribution is 0.102. The topological polar surface area (TPSA) is 103 Å². The highest BCUT2D eigenvalue weighted by Crippen LogP contribution is 2.33. The van der Waals surface area contributed by atoms with Crippen molar-refractivity contribution in [3.05, 3.63) is 70.9 Å². The van der Waals surface area contributed by atoms with Crippen LogP contribution in [0.4, 0.5) is 5.69 Å². The number of halogens is 1. The number of methoxy groups -OCH3 is 1. The molecule has 1 amide bonds. The van der Waals surface area contributed by atoms with Crippen molar-refractivity contribution in [1.29, 1.82) is 0 Å². The number of nitrogens with one attached hydrogen (secondary N) is 1. The summed E-state index contributed by atoms with van der Waals surface area (Å²) in [4.78, 5) is 18.3. The maximum atomic E-state index is 13.5. The third-order valence-corrected chi connectivity index (χ3v) is 8.07. The third-order valence-electron chi connectivity index (χ3n) is 6.08. The maximum Gasteiger partial charge on any atom is 0.256 e. The minimum atomic E-state index is -3.14. The first-order valence-corrected chi connectivity index (χ1v) is 13.3. The first kappa shape index (κ1) is 23.3. The maximum absolute atomic E-state index is 13.5. The van der Waals surface area contributed by atoms with Gasteiger partial charge in [0.25, 0.3) is 5.91 Å². The van der Waals surface area contributed by atoms with Gasteiger partial charge in [-0.3, -0.25) is 4.79 Å². The molecule has 35 heavy (non-hydrogen) atoms. The van der Waals surface area contributed by atoms with Crippen LogP contribution in [0.3, 0.4) is 0 Å². The minimum Gasteiger partial charge on any atom is -0.497 e. The lowest BCUT2D eigenvalue weighted by atomic mass is 10.0.